The normalized spacial score (nSPS) is 17.1. The molecule has 0 unspecified atom stereocenters. The summed E-state index contributed by atoms with van der Waals surface area (Å²) in [6.45, 7) is 3.25. The molecule has 1 saturated heterocycles. The Bertz CT molecular complexity index is 543. The van der Waals surface area contributed by atoms with Crippen molar-refractivity contribution in [1.29, 1.82) is 0 Å². The van der Waals surface area contributed by atoms with Gasteiger partial charge >= 0.3 is 0 Å². The predicted molar refractivity (Wildman–Crippen MR) is 81.6 cm³/mol. The van der Waals surface area contributed by atoms with E-state index >= 15 is 0 Å². The number of aryl methyl sites for hydroxylation is 1. The number of fused-ring (bicyclic) bond motifs is 1. The van der Waals surface area contributed by atoms with Gasteiger partial charge in [-0.3, -0.25) is 0 Å². The minimum atomic E-state index is 0.814. The average molecular weight is 275 g/mol. The van der Waals surface area contributed by atoms with Crippen molar-refractivity contribution >= 4 is 22.9 Å². The maximum absolute atomic E-state index is 4.82. The first kappa shape index (κ1) is 13.0. The molecule has 0 spiro atoms. The zero-order valence-electron chi connectivity index (χ0n) is 11.5. The summed E-state index contributed by atoms with van der Waals surface area (Å²) < 4.78 is 2.33. The summed E-state index contributed by atoms with van der Waals surface area (Å²) in [5, 5.41) is 0. The molecule has 4 heteroatoms. The molecule has 2 aromatic heterocycles. The van der Waals surface area contributed by atoms with E-state index in [4.69, 9.17) is 4.98 Å². The zero-order chi connectivity index (χ0) is 13.1. The van der Waals surface area contributed by atoms with E-state index in [2.05, 4.69) is 34.3 Å². The largest absolute Gasteiger partial charge is 0.313 e. The molecule has 0 bridgehead atoms. The van der Waals surface area contributed by atoms with Gasteiger partial charge in [0.1, 0.15) is 11.3 Å². The van der Waals surface area contributed by atoms with Gasteiger partial charge in [0.25, 0.3) is 0 Å². The van der Waals surface area contributed by atoms with E-state index in [-0.39, 0.29) is 0 Å². The second kappa shape index (κ2) is 5.95. The molecule has 1 aliphatic rings. The van der Waals surface area contributed by atoms with Gasteiger partial charge in [0, 0.05) is 19.2 Å². The maximum Gasteiger partial charge on any atom is 0.159 e. The van der Waals surface area contributed by atoms with E-state index in [1.807, 2.05) is 12.3 Å². The highest BCUT2D eigenvalue weighted by Gasteiger charge is 2.18. The highest BCUT2D eigenvalue weighted by molar-refractivity contribution is 7.99. The van der Waals surface area contributed by atoms with Gasteiger partial charge in [-0.15, -0.1) is 0 Å². The Morgan fingerprint density at radius 1 is 1.37 bits per heavy atom. The van der Waals surface area contributed by atoms with Gasteiger partial charge in [-0.25, -0.2) is 9.97 Å². The SMILES string of the molecule is CCCn1c(CC2CCSCC2)nc2cccnc21. The molecule has 0 radical (unpaired) electrons. The molecule has 3 heterocycles. The van der Waals surface area contributed by atoms with Crippen LogP contribution in [0.1, 0.15) is 32.0 Å². The van der Waals surface area contributed by atoms with Crippen molar-refractivity contribution in [1.82, 2.24) is 14.5 Å². The number of rotatable bonds is 4. The van der Waals surface area contributed by atoms with Gasteiger partial charge in [0.05, 0.1) is 0 Å². The van der Waals surface area contributed by atoms with Crippen LogP contribution in [0.3, 0.4) is 0 Å². The Balaban J connectivity index is 1.90. The Morgan fingerprint density at radius 3 is 3.00 bits per heavy atom. The third-order valence-corrected chi connectivity index (χ3v) is 4.89. The Labute approximate surface area is 118 Å². The first-order valence-corrected chi connectivity index (χ1v) is 8.42. The zero-order valence-corrected chi connectivity index (χ0v) is 12.3. The fourth-order valence-corrected chi connectivity index (χ4v) is 4.03. The van der Waals surface area contributed by atoms with Crippen LogP contribution in [-0.2, 0) is 13.0 Å². The van der Waals surface area contributed by atoms with Crippen molar-refractivity contribution in [3.63, 3.8) is 0 Å². The molecule has 0 aromatic carbocycles. The van der Waals surface area contributed by atoms with E-state index in [1.54, 1.807) is 0 Å². The minimum absolute atomic E-state index is 0.814. The van der Waals surface area contributed by atoms with Crippen molar-refractivity contribution in [2.75, 3.05) is 11.5 Å². The molecule has 0 saturated carbocycles. The average Bonchev–Trinajstić information content (AvgIpc) is 2.79. The number of hydrogen-bond donors (Lipinski definition) is 0. The van der Waals surface area contributed by atoms with Crippen LogP contribution in [0.5, 0.6) is 0 Å². The van der Waals surface area contributed by atoms with Gasteiger partial charge in [-0.2, -0.15) is 11.8 Å². The van der Waals surface area contributed by atoms with Crippen molar-refractivity contribution in [3.05, 3.63) is 24.2 Å². The second-order valence-electron chi connectivity index (χ2n) is 5.29. The minimum Gasteiger partial charge on any atom is -0.313 e. The molecule has 2 aromatic rings. The molecule has 102 valence electrons. The van der Waals surface area contributed by atoms with Crippen molar-refractivity contribution < 1.29 is 0 Å². The van der Waals surface area contributed by atoms with Gasteiger partial charge in [-0.05, 0) is 48.8 Å². The monoisotopic (exact) mass is 275 g/mol. The first-order valence-electron chi connectivity index (χ1n) is 7.26. The third kappa shape index (κ3) is 2.78. The Hall–Kier alpha value is -1.03. The highest BCUT2D eigenvalue weighted by Crippen LogP contribution is 2.26. The molecule has 1 aliphatic heterocycles. The maximum atomic E-state index is 4.82. The predicted octanol–water partition coefficient (Wildman–Crippen LogP) is 3.53. The first-order chi connectivity index (χ1) is 9.38. The number of nitrogens with zero attached hydrogens (tertiary/aromatic N) is 3. The molecule has 0 aliphatic carbocycles. The summed E-state index contributed by atoms with van der Waals surface area (Å²) in [7, 11) is 0. The lowest BCUT2D eigenvalue weighted by Gasteiger charge is -2.21. The van der Waals surface area contributed by atoms with Crippen molar-refractivity contribution in [2.24, 2.45) is 5.92 Å². The number of hydrogen-bond acceptors (Lipinski definition) is 3. The van der Waals surface area contributed by atoms with Crippen LogP contribution in [0, 0.1) is 5.92 Å². The molecule has 1 fully saturated rings. The summed E-state index contributed by atoms with van der Waals surface area (Å²) in [4.78, 5) is 9.33. The number of pyridine rings is 1. The summed E-state index contributed by atoms with van der Waals surface area (Å²) in [6.07, 6.45) is 6.81. The highest BCUT2D eigenvalue weighted by atomic mass is 32.2. The van der Waals surface area contributed by atoms with Crippen LogP contribution in [0.25, 0.3) is 11.2 Å². The van der Waals surface area contributed by atoms with Crippen molar-refractivity contribution in [3.8, 4) is 0 Å². The van der Waals surface area contributed by atoms with Crippen LogP contribution in [0.2, 0.25) is 0 Å². The van der Waals surface area contributed by atoms with Crippen LogP contribution < -0.4 is 0 Å². The van der Waals surface area contributed by atoms with E-state index in [9.17, 15) is 0 Å². The lowest BCUT2D eigenvalue weighted by atomic mass is 9.98. The quantitative estimate of drug-likeness (QED) is 0.855. The van der Waals surface area contributed by atoms with Gasteiger partial charge in [0.2, 0.25) is 0 Å². The number of imidazole rings is 1. The smallest absolute Gasteiger partial charge is 0.159 e. The second-order valence-corrected chi connectivity index (χ2v) is 6.51. The van der Waals surface area contributed by atoms with Crippen LogP contribution in [-0.4, -0.2) is 26.0 Å². The van der Waals surface area contributed by atoms with Crippen LogP contribution in [0.15, 0.2) is 18.3 Å². The molecule has 3 nitrogen and oxygen atoms in total. The van der Waals surface area contributed by atoms with E-state index in [0.717, 1.165) is 36.5 Å². The van der Waals surface area contributed by atoms with Crippen LogP contribution in [0.4, 0.5) is 0 Å². The van der Waals surface area contributed by atoms with Crippen LogP contribution >= 0.6 is 11.8 Å². The standard InChI is InChI=1S/C15H21N3S/c1-2-8-18-14(11-12-5-9-19-10-6-12)17-13-4-3-7-16-15(13)18/h3-4,7,12H,2,5-6,8-11H2,1H3. The third-order valence-electron chi connectivity index (χ3n) is 3.84. The molecular weight excluding hydrogens is 254 g/mol. The number of thioether (sulfide) groups is 1. The van der Waals surface area contributed by atoms with Gasteiger partial charge in [0.15, 0.2) is 5.65 Å². The van der Waals surface area contributed by atoms with E-state index < -0.39 is 0 Å². The van der Waals surface area contributed by atoms with Gasteiger partial charge in [-0.1, -0.05) is 6.92 Å². The Morgan fingerprint density at radius 2 is 2.21 bits per heavy atom. The van der Waals surface area contributed by atoms with Gasteiger partial charge < -0.3 is 4.57 Å². The summed E-state index contributed by atoms with van der Waals surface area (Å²) >= 11 is 2.09. The Kier molecular flexibility index (Phi) is 4.06. The molecule has 0 N–H and O–H groups in total. The van der Waals surface area contributed by atoms with E-state index in [0.29, 0.717) is 0 Å². The molecule has 0 atom stereocenters. The fourth-order valence-electron chi connectivity index (χ4n) is 2.83. The molecule has 0 amide bonds. The van der Waals surface area contributed by atoms with Crippen molar-refractivity contribution in [2.45, 2.75) is 39.2 Å². The molecule has 19 heavy (non-hydrogen) atoms. The molecular formula is C15H21N3S. The molecule has 3 rings (SSSR count). The number of aromatic nitrogens is 3. The summed E-state index contributed by atoms with van der Waals surface area (Å²) in [5.41, 5.74) is 2.11. The lowest BCUT2D eigenvalue weighted by Crippen LogP contribution is -2.15. The van der Waals surface area contributed by atoms with E-state index in [1.165, 1.54) is 30.2 Å². The summed E-state index contributed by atoms with van der Waals surface area (Å²) in [6, 6.07) is 4.06. The summed E-state index contributed by atoms with van der Waals surface area (Å²) in [5.74, 6) is 4.69. The lowest BCUT2D eigenvalue weighted by molar-refractivity contribution is 0.463. The fraction of sp³-hybridized carbons (Fsp3) is 0.600. The topological polar surface area (TPSA) is 30.7 Å².